The molecule has 0 aliphatic carbocycles. The second kappa shape index (κ2) is 5.09. The summed E-state index contributed by atoms with van der Waals surface area (Å²) in [7, 11) is 0. The third-order valence-electron chi connectivity index (χ3n) is 2.94. The topological polar surface area (TPSA) is 98.2 Å². The van der Waals surface area contributed by atoms with Gasteiger partial charge in [-0.25, -0.2) is 0 Å². The van der Waals surface area contributed by atoms with Crippen molar-refractivity contribution in [3.05, 3.63) is 60.0 Å². The van der Waals surface area contributed by atoms with E-state index in [9.17, 15) is 9.59 Å². The van der Waals surface area contributed by atoms with Crippen molar-refractivity contribution < 1.29 is 14.0 Å². The number of amides is 2. The second-order valence-corrected chi connectivity index (χ2v) is 4.39. The Balaban J connectivity index is 1.80. The molecule has 2 heterocycles. The van der Waals surface area contributed by atoms with Crippen LogP contribution in [-0.4, -0.2) is 16.8 Å². The largest absolute Gasteiger partial charge is 0.449 e. The lowest BCUT2D eigenvalue weighted by molar-refractivity contribution is 0.0992. The standard InChI is InChI=1S/C15H11N3O3/c16-14(19)9-3-5-10(6-4-9)18-15(20)13-8-11-12(21-13)2-1-7-17-11/h1-8H,(H2,16,19)(H,18,20). The molecule has 2 amide bonds. The molecular weight excluding hydrogens is 270 g/mol. The molecule has 0 bridgehead atoms. The summed E-state index contributed by atoms with van der Waals surface area (Å²) in [4.78, 5) is 27.1. The van der Waals surface area contributed by atoms with Crippen LogP contribution in [0.4, 0.5) is 5.69 Å². The molecule has 0 aliphatic rings. The monoisotopic (exact) mass is 281 g/mol. The fourth-order valence-corrected chi connectivity index (χ4v) is 1.89. The maximum atomic E-state index is 12.1. The molecule has 6 nitrogen and oxygen atoms in total. The number of hydrogen-bond donors (Lipinski definition) is 2. The molecule has 3 aromatic rings. The van der Waals surface area contributed by atoms with Crippen molar-refractivity contribution in [1.82, 2.24) is 4.98 Å². The number of fused-ring (bicyclic) bond motifs is 1. The molecule has 0 atom stereocenters. The summed E-state index contributed by atoms with van der Waals surface area (Å²) in [6, 6.07) is 11.3. The molecule has 3 N–H and O–H groups in total. The zero-order chi connectivity index (χ0) is 14.8. The normalized spacial score (nSPS) is 10.5. The first-order chi connectivity index (χ1) is 10.1. The van der Waals surface area contributed by atoms with Crippen LogP contribution in [0.2, 0.25) is 0 Å². The molecule has 6 heteroatoms. The predicted octanol–water partition coefficient (Wildman–Crippen LogP) is 2.18. The van der Waals surface area contributed by atoms with Crippen LogP contribution < -0.4 is 11.1 Å². The SMILES string of the molecule is NC(=O)c1ccc(NC(=O)c2cc3ncccc3o2)cc1. The predicted molar refractivity (Wildman–Crippen MR) is 76.9 cm³/mol. The average molecular weight is 281 g/mol. The van der Waals surface area contributed by atoms with E-state index in [1.807, 2.05) is 0 Å². The number of furan rings is 1. The van der Waals surface area contributed by atoms with Crippen LogP contribution in [0, 0.1) is 0 Å². The highest BCUT2D eigenvalue weighted by molar-refractivity contribution is 6.04. The number of anilines is 1. The lowest BCUT2D eigenvalue weighted by Crippen LogP contribution is -2.12. The number of aromatic nitrogens is 1. The third-order valence-corrected chi connectivity index (χ3v) is 2.94. The van der Waals surface area contributed by atoms with Crippen LogP contribution in [0.1, 0.15) is 20.9 Å². The van der Waals surface area contributed by atoms with Gasteiger partial charge in [-0.15, -0.1) is 0 Å². The van der Waals surface area contributed by atoms with Crippen molar-refractivity contribution in [2.24, 2.45) is 5.73 Å². The molecule has 104 valence electrons. The zero-order valence-electron chi connectivity index (χ0n) is 10.9. The molecule has 0 spiro atoms. The Morgan fingerprint density at radius 1 is 1.14 bits per heavy atom. The Bertz CT molecular complexity index is 789. The molecule has 3 rings (SSSR count). The highest BCUT2D eigenvalue weighted by Crippen LogP contribution is 2.18. The number of rotatable bonds is 3. The van der Waals surface area contributed by atoms with E-state index in [2.05, 4.69) is 10.3 Å². The number of pyridine rings is 1. The van der Waals surface area contributed by atoms with Crippen LogP contribution >= 0.6 is 0 Å². The molecule has 0 saturated carbocycles. The second-order valence-electron chi connectivity index (χ2n) is 4.39. The Labute approximate surface area is 119 Å². The quantitative estimate of drug-likeness (QED) is 0.768. The number of benzene rings is 1. The van der Waals surface area contributed by atoms with Crippen molar-refractivity contribution in [3.8, 4) is 0 Å². The van der Waals surface area contributed by atoms with Gasteiger partial charge in [-0.1, -0.05) is 0 Å². The highest BCUT2D eigenvalue weighted by atomic mass is 16.3. The van der Waals surface area contributed by atoms with Crippen molar-refractivity contribution in [3.63, 3.8) is 0 Å². The fraction of sp³-hybridized carbons (Fsp3) is 0. The number of primary amides is 1. The van der Waals surface area contributed by atoms with Crippen molar-refractivity contribution in [1.29, 1.82) is 0 Å². The van der Waals surface area contributed by atoms with Gasteiger partial charge >= 0.3 is 0 Å². The number of nitrogens with zero attached hydrogens (tertiary/aromatic N) is 1. The number of nitrogens with two attached hydrogens (primary N) is 1. The van der Waals surface area contributed by atoms with Gasteiger partial charge in [0, 0.05) is 23.5 Å². The van der Waals surface area contributed by atoms with Crippen LogP contribution in [0.15, 0.2) is 53.1 Å². The Hall–Kier alpha value is -3.15. The fourth-order valence-electron chi connectivity index (χ4n) is 1.89. The van der Waals surface area contributed by atoms with Crippen LogP contribution in [0.25, 0.3) is 11.1 Å². The van der Waals surface area contributed by atoms with E-state index in [1.165, 1.54) is 12.1 Å². The minimum atomic E-state index is -0.517. The first-order valence-electron chi connectivity index (χ1n) is 6.19. The Morgan fingerprint density at radius 2 is 1.90 bits per heavy atom. The summed E-state index contributed by atoms with van der Waals surface area (Å²) >= 11 is 0. The summed E-state index contributed by atoms with van der Waals surface area (Å²) in [6.45, 7) is 0. The Morgan fingerprint density at radius 3 is 2.57 bits per heavy atom. The number of carbonyl (C=O) groups excluding carboxylic acids is 2. The lowest BCUT2D eigenvalue weighted by Gasteiger charge is -2.03. The third kappa shape index (κ3) is 2.59. The maximum Gasteiger partial charge on any atom is 0.291 e. The number of hydrogen-bond acceptors (Lipinski definition) is 4. The molecular formula is C15H11N3O3. The van der Waals surface area contributed by atoms with Gasteiger partial charge in [-0.05, 0) is 36.4 Å². The van der Waals surface area contributed by atoms with Gasteiger partial charge in [-0.2, -0.15) is 0 Å². The van der Waals surface area contributed by atoms with Gasteiger partial charge in [0.05, 0.1) is 0 Å². The van der Waals surface area contributed by atoms with E-state index in [0.717, 1.165) is 0 Å². The maximum absolute atomic E-state index is 12.1. The van der Waals surface area contributed by atoms with Crippen LogP contribution in [0.3, 0.4) is 0 Å². The van der Waals surface area contributed by atoms with E-state index >= 15 is 0 Å². The molecule has 21 heavy (non-hydrogen) atoms. The highest BCUT2D eigenvalue weighted by Gasteiger charge is 2.13. The van der Waals surface area contributed by atoms with Crippen molar-refractivity contribution >= 4 is 28.6 Å². The molecule has 0 radical (unpaired) electrons. The first-order valence-corrected chi connectivity index (χ1v) is 6.19. The summed E-state index contributed by atoms with van der Waals surface area (Å²) in [5.74, 6) is -0.737. The van der Waals surface area contributed by atoms with E-state index < -0.39 is 5.91 Å². The van der Waals surface area contributed by atoms with Gasteiger partial charge in [0.2, 0.25) is 5.91 Å². The molecule has 1 aromatic carbocycles. The summed E-state index contributed by atoms with van der Waals surface area (Å²) < 4.78 is 5.42. The summed E-state index contributed by atoms with van der Waals surface area (Å²) in [5, 5.41) is 2.67. The van der Waals surface area contributed by atoms with Crippen molar-refractivity contribution in [2.75, 3.05) is 5.32 Å². The molecule has 0 fully saturated rings. The Kier molecular flexibility index (Phi) is 3.12. The number of carbonyl (C=O) groups is 2. The van der Waals surface area contributed by atoms with E-state index in [0.29, 0.717) is 22.4 Å². The van der Waals surface area contributed by atoms with E-state index in [1.54, 1.807) is 36.5 Å². The van der Waals surface area contributed by atoms with Gasteiger partial charge in [0.15, 0.2) is 11.3 Å². The van der Waals surface area contributed by atoms with Crippen molar-refractivity contribution in [2.45, 2.75) is 0 Å². The van der Waals surface area contributed by atoms with Gasteiger partial charge in [0.1, 0.15) is 5.52 Å². The zero-order valence-corrected chi connectivity index (χ0v) is 10.9. The average Bonchev–Trinajstić information content (AvgIpc) is 2.92. The first kappa shape index (κ1) is 12.9. The molecule has 0 aliphatic heterocycles. The van der Waals surface area contributed by atoms with Gasteiger partial charge < -0.3 is 15.5 Å². The van der Waals surface area contributed by atoms with E-state index in [-0.39, 0.29) is 11.7 Å². The van der Waals surface area contributed by atoms with Gasteiger partial charge in [-0.3, -0.25) is 14.6 Å². The van der Waals surface area contributed by atoms with Crippen LogP contribution in [-0.2, 0) is 0 Å². The summed E-state index contributed by atoms with van der Waals surface area (Å²) in [5.41, 5.74) is 7.23. The smallest absolute Gasteiger partial charge is 0.291 e. The minimum Gasteiger partial charge on any atom is -0.449 e. The molecule has 0 unspecified atom stereocenters. The van der Waals surface area contributed by atoms with Gasteiger partial charge in [0.25, 0.3) is 5.91 Å². The van der Waals surface area contributed by atoms with Crippen LogP contribution in [0.5, 0.6) is 0 Å². The van der Waals surface area contributed by atoms with E-state index in [4.69, 9.17) is 10.2 Å². The minimum absolute atomic E-state index is 0.169. The molecule has 2 aromatic heterocycles. The lowest BCUT2D eigenvalue weighted by atomic mass is 10.2. The molecule has 0 saturated heterocycles. The summed E-state index contributed by atoms with van der Waals surface area (Å²) in [6.07, 6.45) is 1.63. The number of nitrogens with one attached hydrogen (secondary N) is 1.